The molecule has 5 heteroatoms. The van der Waals surface area contributed by atoms with E-state index in [0.717, 1.165) is 0 Å². The highest BCUT2D eigenvalue weighted by Crippen LogP contribution is 2.36. The zero-order chi connectivity index (χ0) is 10.3. The Bertz CT molecular complexity index is 347. The van der Waals surface area contributed by atoms with Crippen molar-refractivity contribution in [3.8, 4) is 0 Å². The van der Waals surface area contributed by atoms with Crippen LogP contribution in [0.5, 0.6) is 0 Å². The van der Waals surface area contributed by atoms with Crippen LogP contribution in [0.3, 0.4) is 0 Å². The topological polar surface area (TPSA) is 52.5 Å². The van der Waals surface area contributed by atoms with Crippen molar-refractivity contribution >= 4 is 23.2 Å². The quantitative estimate of drug-likeness (QED) is 0.429. The fraction of sp³-hybridized carbons (Fsp3) is 0.333. The molecule has 0 saturated carbocycles. The lowest BCUT2D eigenvalue weighted by Crippen LogP contribution is -2.55. The minimum atomic E-state index is -2.08. The van der Waals surface area contributed by atoms with Crippen molar-refractivity contribution in [2.45, 2.75) is 17.2 Å². The second kappa shape index (κ2) is 3.28. The first kappa shape index (κ1) is 10.1. The summed E-state index contributed by atoms with van der Waals surface area (Å²) in [5.41, 5.74) is 0.698. The molecule has 0 fully saturated rings. The van der Waals surface area contributed by atoms with E-state index in [1.54, 1.807) is 18.4 Å². The van der Waals surface area contributed by atoms with Gasteiger partial charge in [0.1, 0.15) is 6.04 Å². The number of hydrogen-bond donors (Lipinski definition) is 3. The van der Waals surface area contributed by atoms with Crippen LogP contribution in [0.4, 0.5) is 0 Å². The van der Waals surface area contributed by atoms with E-state index in [9.17, 15) is 10.2 Å². The predicted molar refractivity (Wildman–Crippen MR) is 54.9 cm³/mol. The van der Waals surface area contributed by atoms with Gasteiger partial charge in [-0.2, -0.15) is 0 Å². The minimum Gasteiger partial charge on any atom is -0.379 e. The second-order valence-corrected chi connectivity index (χ2v) is 4.15. The maximum absolute atomic E-state index is 9.72. The number of hydrogen-bond acceptors (Lipinski definition) is 3. The molecule has 14 heavy (non-hydrogen) atoms. The monoisotopic (exact) mass is 233 g/mol. The molecule has 0 aromatic rings. The number of dihydropyridines is 1. The summed E-state index contributed by atoms with van der Waals surface area (Å²) in [6.07, 6.45) is 6.55. The van der Waals surface area contributed by atoms with Gasteiger partial charge in [0.15, 0.2) is 0 Å². The Kier molecular flexibility index (Phi) is 2.35. The highest BCUT2D eigenvalue weighted by atomic mass is 35.5. The highest BCUT2D eigenvalue weighted by molar-refractivity contribution is 6.32. The van der Waals surface area contributed by atoms with Gasteiger partial charge in [-0.15, -0.1) is 11.6 Å². The Morgan fingerprint density at radius 1 is 1.43 bits per heavy atom. The van der Waals surface area contributed by atoms with E-state index in [0.29, 0.717) is 5.57 Å². The normalized spacial score (nSPS) is 34.0. The van der Waals surface area contributed by atoms with E-state index in [-0.39, 0.29) is 5.03 Å². The van der Waals surface area contributed by atoms with E-state index < -0.39 is 17.2 Å². The Hall–Kier alpha value is -0.480. The average Bonchev–Trinajstić information content (AvgIpc) is 2.16. The van der Waals surface area contributed by atoms with Crippen LogP contribution in [-0.4, -0.2) is 27.4 Å². The Balaban J connectivity index is 2.47. The van der Waals surface area contributed by atoms with Gasteiger partial charge >= 0.3 is 0 Å². The van der Waals surface area contributed by atoms with Crippen LogP contribution in [0.1, 0.15) is 0 Å². The molecule has 0 spiro atoms. The van der Waals surface area contributed by atoms with Crippen molar-refractivity contribution in [1.82, 2.24) is 5.32 Å². The van der Waals surface area contributed by atoms with Gasteiger partial charge in [-0.3, -0.25) is 0 Å². The van der Waals surface area contributed by atoms with Gasteiger partial charge in [-0.1, -0.05) is 17.7 Å². The van der Waals surface area contributed by atoms with Crippen LogP contribution in [0.25, 0.3) is 0 Å². The lowest BCUT2D eigenvalue weighted by Gasteiger charge is -2.39. The van der Waals surface area contributed by atoms with E-state index in [4.69, 9.17) is 23.2 Å². The number of halogens is 2. The molecule has 0 bridgehead atoms. The third kappa shape index (κ3) is 1.37. The van der Waals surface area contributed by atoms with Gasteiger partial charge in [-0.05, 0) is 23.9 Å². The second-order valence-electron chi connectivity index (χ2n) is 3.27. The number of rotatable bonds is 0. The largest absolute Gasteiger partial charge is 0.379 e. The fourth-order valence-electron chi connectivity index (χ4n) is 1.59. The maximum Gasteiger partial charge on any atom is 0.225 e. The van der Waals surface area contributed by atoms with Gasteiger partial charge < -0.3 is 15.5 Å². The van der Waals surface area contributed by atoms with Gasteiger partial charge in [-0.25, -0.2) is 0 Å². The molecule has 1 aliphatic carbocycles. The summed E-state index contributed by atoms with van der Waals surface area (Å²) in [5, 5.41) is 21.8. The molecule has 1 aliphatic heterocycles. The summed E-state index contributed by atoms with van der Waals surface area (Å²) in [6.45, 7) is 0. The summed E-state index contributed by atoms with van der Waals surface area (Å²) in [7, 11) is 0. The molecule has 3 N–H and O–H groups in total. The van der Waals surface area contributed by atoms with Crippen molar-refractivity contribution in [3.05, 3.63) is 35.0 Å². The number of fused-ring (bicyclic) bond motifs is 1. The van der Waals surface area contributed by atoms with E-state index in [2.05, 4.69) is 5.32 Å². The van der Waals surface area contributed by atoms with Crippen LogP contribution in [0.2, 0.25) is 0 Å². The summed E-state index contributed by atoms with van der Waals surface area (Å²) < 4.78 is 0. The molecule has 2 atom stereocenters. The van der Waals surface area contributed by atoms with Crippen molar-refractivity contribution in [3.63, 3.8) is 0 Å². The van der Waals surface area contributed by atoms with Crippen molar-refractivity contribution in [2.24, 2.45) is 0 Å². The molecule has 3 nitrogen and oxygen atoms in total. The van der Waals surface area contributed by atoms with E-state index in [1.165, 1.54) is 6.08 Å². The zero-order valence-corrected chi connectivity index (χ0v) is 8.63. The standard InChI is InChI=1S/C9H9Cl2NO2/c10-6-4-7(11)9(13,14)8-5(6)2-1-3-12-8/h1-4,6,8,12-14H. The van der Waals surface area contributed by atoms with Gasteiger partial charge in [0.2, 0.25) is 5.79 Å². The zero-order valence-electron chi connectivity index (χ0n) is 7.11. The van der Waals surface area contributed by atoms with Crippen LogP contribution < -0.4 is 5.32 Å². The molecule has 0 radical (unpaired) electrons. The number of nitrogens with one attached hydrogen (secondary N) is 1. The van der Waals surface area contributed by atoms with Gasteiger partial charge in [0, 0.05) is 0 Å². The molecule has 76 valence electrons. The summed E-state index contributed by atoms with van der Waals surface area (Å²) in [4.78, 5) is 0. The van der Waals surface area contributed by atoms with Crippen LogP contribution in [0.15, 0.2) is 35.0 Å². The first-order valence-corrected chi connectivity index (χ1v) is 4.94. The molecule has 0 saturated heterocycles. The molecular formula is C9H9Cl2NO2. The maximum atomic E-state index is 9.72. The van der Waals surface area contributed by atoms with E-state index >= 15 is 0 Å². The lowest BCUT2D eigenvalue weighted by molar-refractivity contribution is -0.138. The fourth-order valence-corrected chi connectivity index (χ4v) is 2.21. The van der Waals surface area contributed by atoms with Gasteiger partial charge in [0.25, 0.3) is 0 Å². The number of allylic oxidation sites excluding steroid dienone is 3. The molecule has 2 rings (SSSR count). The first-order valence-electron chi connectivity index (χ1n) is 4.13. The first-order chi connectivity index (χ1) is 6.53. The van der Waals surface area contributed by atoms with Crippen molar-refractivity contribution in [1.29, 1.82) is 0 Å². The molecular weight excluding hydrogens is 225 g/mol. The summed E-state index contributed by atoms with van der Waals surface area (Å²) in [5.74, 6) is -2.08. The van der Waals surface area contributed by atoms with Crippen LogP contribution >= 0.6 is 23.2 Å². The predicted octanol–water partition coefficient (Wildman–Crippen LogP) is 0.823. The molecule has 0 amide bonds. The Morgan fingerprint density at radius 2 is 2.14 bits per heavy atom. The Labute approximate surface area is 91.3 Å². The molecule has 2 unspecified atom stereocenters. The summed E-state index contributed by atoms with van der Waals surface area (Å²) in [6, 6.07) is -0.674. The number of alkyl halides is 1. The van der Waals surface area contributed by atoms with Gasteiger partial charge in [0.05, 0.1) is 10.4 Å². The van der Waals surface area contributed by atoms with Crippen molar-refractivity contribution in [2.75, 3.05) is 0 Å². The number of aliphatic hydroxyl groups is 2. The smallest absolute Gasteiger partial charge is 0.225 e. The highest BCUT2D eigenvalue weighted by Gasteiger charge is 2.45. The molecule has 1 heterocycles. The molecule has 0 aromatic heterocycles. The molecule has 0 aromatic carbocycles. The average molecular weight is 234 g/mol. The minimum absolute atomic E-state index is 0.0533. The summed E-state index contributed by atoms with van der Waals surface area (Å²) >= 11 is 11.7. The van der Waals surface area contributed by atoms with Crippen LogP contribution in [-0.2, 0) is 0 Å². The van der Waals surface area contributed by atoms with E-state index in [1.807, 2.05) is 0 Å². The van der Waals surface area contributed by atoms with Crippen LogP contribution in [0, 0.1) is 0 Å². The molecule has 2 aliphatic rings. The van der Waals surface area contributed by atoms with Crippen molar-refractivity contribution < 1.29 is 10.2 Å². The third-order valence-corrected chi connectivity index (χ3v) is 3.13. The third-order valence-electron chi connectivity index (χ3n) is 2.35. The Morgan fingerprint density at radius 3 is 2.86 bits per heavy atom. The lowest BCUT2D eigenvalue weighted by atomic mass is 9.88. The SMILES string of the molecule is OC1(O)C(Cl)=CC(Cl)C2=CC=CNC21.